The van der Waals surface area contributed by atoms with Crippen LogP contribution in [-0.2, 0) is 6.42 Å². The van der Waals surface area contributed by atoms with Crippen LogP contribution < -0.4 is 5.32 Å². The van der Waals surface area contributed by atoms with Crippen molar-refractivity contribution in [3.63, 3.8) is 0 Å². The van der Waals surface area contributed by atoms with Gasteiger partial charge in [-0.1, -0.05) is 6.92 Å². The topological polar surface area (TPSA) is 40.5 Å². The van der Waals surface area contributed by atoms with Crippen molar-refractivity contribution in [2.45, 2.75) is 52.9 Å². The van der Waals surface area contributed by atoms with Crippen LogP contribution in [-0.4, -0.2) is 42.0 Å². The van der Waals surface area contributed by atoms with E-state index in [9.17, 15) is 0 Å². The number of likely N-dealkylation sites (tertiary alicyclic amines) is 1. The van der Waals surface area contributed by atoms with Gasteiger partial charge in [-0.3, -0.25) is 4.99 Å². The predicted molar refractivity (Wildman–Crippen MR) is 111 cm³/mol. The highest BCUT2D eigenvalue weighted by Crippen LogP contribution is 2.16. The van der Waals surface area contributed by atoms with Crippen molar-refractivity contribution in [2.75, 3.05) is 26.2 Å². The highest BCUT2D eigenvalue weighted by atomic mass is 127. The summed E-state index contributed by atoms with van der Waals surface area (Å²) in [5, 5.41) is 6.84. The summed E-state index contributed by atoms with van der Waals surface area (Å²) in [7, 11) is 0. The van der Waals surface area contributed by atoms with E-state index in [1.54, 1.807) is 11.3 Å². The Morgan fingerprint density at radius 2 is 2.13 bits per heavy atom. The fourth-order valence-electron chi connectivity index (χ4n) is 2.74. The first kappa shape index (κ1) is 20.7. The van der Waals surface area contributed by atoms with Crippen LogP contribution in [0.25, 0.3) is 0 Å². The number of aryl methyl sites for hydroxylation is 2. The van der Waals surface area contributed by atoms with Crippen LogP contribution in [0.5, 0.6) is 0 Å². The van der Waals surface area contributed by atoms with Crippen LogP contribution in [0.1, 0.15) is 50.2 Å². The number of hydrogen-bond donors (Lipinski definition) is 1. The molecule has 1 fully saturated rings. The first-order valence-corrected chi connectivity index (χ1v) is 9.51. The average Bonchev–Trinajstić information content (AvgIpc) is 2.92. The second kappa shape index (κ2) is 11.2. The molecule has 1 aliphatic rings. The summed E-state index contributed by atoms with van der Waals surface area (Å²) >= 11 is 1.78. The monoisotopic (exact) mass is 450 g/mol. The van der Waals surface area contributed by atoms with Gasteiger partial charge in [0.25, 0.3) is 0 Å². The minimum Gasteiger partial charge on any atom is -0.357 e. The summed E-state index contributed by atoms with van der Waals surface area (Å²) in [6.45, 7) is 10.7. The third kappa shape index (κ3) is 7.37. The first-order valence-electron chi connectivity index (χ1n) is 8.63. The number of aliphatic imine (C=N–C) groups is 1. The second-order valence-corrected chi connectivity index (χ2v) is 7.19. The molecule has 1 aromatic rings. The van der Waals surface area contributed by atoms with Crippen LogP contribution in [0.2, 0.25) is 0 Å². The Morgan fingerprint density at radius 1 is 1.39 bits per heavy atom. The molecule has 0 saturated carbocycles. The number of thiazole rings is 1. The Morgan fingerprint density at radius 3 is 2.74 bits per heavy atom. The molecule has 1 N–H and O–H groups in total. The molecule has 1 aliphatic heterocycles. The van der Waals surface area contributed by atoms with Gasteiger partial charge >= 0.3 is 0 Å². The number of hydrogen-bond acceptors (Lipinski definition) is 3. The van der Waals surface area contributed by atoms with Crippen LogP contribution >= 0.6 is 35.3 Å². The Hall–Kier alpha value is -0.370. The minimum atomic E-state index is 0. The molecule has 0 atom stereocenters. The van der Waals surface area contributed by atoms with Crippen molar-refractivity contribution in [2.24, 2.45) is 10.9 Å². The summed E-state index contributed by atoms with van der Waals surface area (Å²) in [6, 6.07) is 0. The molecule has 0 aromatic carbocycles. The van der Waals surface area contributed by atoms with Gasteiger partial charge in [0.1, 0.15) is 0 Å². The van der Waals surface area contributed by atoms with Crippen molar-refractivity contribution >= 4 is 41.3 Å². The van der Waals surface area contributed by atoms with E-state index in [-0.39, 0.29) is 24.0 Å². The van der Waals surface area contributed by atoms with Crippen molar-refractivity contribution in [3.8, 4) is 0 Å². The summed E-state index contributed by atoms with van der Waals surface area (Å²) in [4.78, 5) is 11.8. The predicted octanol–water partition coefficient (Wildman–Crippen LogP) is 4.09. The fraction of sp³-hybridized carbons (Fsp3) is 0.765. The molecule has 4 nitrogen and oxygen atoms in total. The number of unbranched alkanes of at least 4 members (excludes halogenated alkanes) is 1. The molecule has 0 bridgehead atoms. The van der Waals surface area contributed by atoms with Crippen molar-refractivity contribution < 1.29 is 0 Å². The number of piperidine rings is 1. The van der Waals surface area contributed by atoms with Crippen LogP contribution in [0.4, 0.5) is 0 Å². The third-order valence-corrected chi connectivity index (χ3v) is 5.17. The molecular weight excluding hydrogens is 419 g/mol. The maximum Gasteiger partial charge on any atom is 0.193 e. The number of nitrogens with one attached hydrogen (secondary N) is 1. The Balaban J connectivity index is 0.00000264. The number of guanidine groups is 1. The van der Waals surface area contributed by atoms with E-state index in [1.165, 1.54) is 24.3 Å². The van der Waals surface area contributed by atoms with E-state index in [0.717, 1.165) is 56.6 Å². The van der Waals surface area contributed by atoms with Gasteiger partial charge in [0.05, 0.1) is 5.01 Å². The minimum absolute atomic E-state index is 0. The van der Waals surface area contributed by atoms with Gasteiger partial charge in [0.15, 0.2) is 5.96 Å². The van der Waals surface area contributed by atoms with Gasteiger partial charge in [-0.05, 0) is 51.9 Å². The van der Waals surface area contributed by atoms with E-state index in [1.807, 2.05) is 0 Å². The van der Waals surface area contributed by atoms with E-state index in [2.05, 4.69) is 41.4 Å². The summed E-state index contributed by atoms with van der Waals surface area (Å²) in [6.07, 6.45) is 5.97. The number of rotatable bonds is 6. The molecule has 132 valence electrons. The Kier molecular flexibility index (Phi) is 10.1. The zero-order valence-corrected chi connectivity index (χ0v) is 17.8. The fourth-order valence-corrected chi connectivity index (χ4v) is 3.55. The molecular formula is C17H31IN4S. The SMILES string of the molecule is CCNC(=NCCCCc1nc(C)cs1)N1CCC(C)CC1.I. The van der Waals surface area contributed by atoms with Gasteiger partial charge in [-0.15, -0.1) is 35.3 Å². The molecule has 1 aromatic heterocycles. The summed E-state index contributed by atoms with van der Waals surface area (Å²) < 4.78 is 0. The quantitative estimate of drug-likeness (QED) is 0.307. The Bertz CT molecular complexity index is 467. The lowest BCUT2D eigenvalue weighted by molar-refractivity contribution is 0.273. The van der Waals surface area contributed by atoms with E-state index >= 15 is 0 Å². The van der Waals surface area contributed by atoms with Crippen LogP contribution in [0, 0.1) is 12.8 Å². The molecule has 0 radical (unpaired) electrons. The molecule has 6 heteroatoms. The van der Waals surface area contributed by atoms with Gasteiger partial charge in [0.2, 0.25) is 0 Å². The first-order chi connectivity index (χ1) is 10.7. The highest BCUT2D eigenvalue weighted by molar-refractivity contribution is 14.0. The summed E-state index contributed by atoms with van der Waals surface area (Å²) in [5.74, 6) is 1.97. The van der Waals surface area contributed by atoms with Gasteiger partial charge in [-0.25, -0.2) is 4.98 Å². The lowest BCUT2D eigenvalue weighted by Crippen LogP contribution is -2.45. The van der Waals surface area contributed by atoms with Crippen molar-refractivity contribution in [3.05, 3.63) is 16.1 Å². The lowest BCUT2D eigenvalue weighted by Gasteiger charge is -2.33. The molecule has 23 heavy (non-hydrogen) atoms. The number of halogens is 1. The molecule has 2 rings (SSSR count). The van der Waals surface area contributed by atoms with Crippen molar-refractivity contribution in [1.82, 2.24) is 15.2 Å². The number of nitrogens with zero attached hydrogens (tertiary/aromatic N) is 3. The lowest BCUT2D eigenvalue weighted by atomic mass is 10.00. The zero-order chi connectivity index (χ0) is 15.8. The van der Waals surface area contributed by atoms with Gasteiger partial charge < -0.3 is 10.2 Å². The molecule has 0 amide bonds. The highest BCUT2D eigenvalue weighted by Gasteiger charge is 2.18. The normalized spacial score (nSPS) is 16.3. The zero-order valence-electron chi connectivity index (χ0n) is 14.7. The average molecular weight is 450 g/mol. The standard InChI is InChI=1S/C17H30N4S.HI/c1-4-18-17(21-11-8-14(2)9-12-21)19-10-6-5-7-16-20-15(3)13-22-16;/h13-14H,4-12H2,1-3H3,(H,18,19);1H. The molecule has 0 aliphatic carbocycles. The van der Waals surface area contributed by atoms with E-state index < -0.39 is 0 Å². The molecule has 2 heterocycles. The maximum absolute atomic E-state index is 4.81. The Labute approximate surface area is 162 Å². The largest absolute Gasteiger partial charge is 0.357 e. The smallest absolute Gasteiger partial charge is 0.193 e. The number of aromatic nitrogens is 1. The summed E-state index contributed by atoms with van der Waals surface area (Å²) in [5.41, 5.74) is 1.15. The molecule has 1 saturated heterocycles. The van der Waals surface area contributed by atoms with Gasteiger partial charge in [-0.2, -0.15) is 0 Å². The van der Waals surface area contributed by atoms with E-state index in [4.69, 9.17) is 4.99 Å². The van der Waals surface area contributed by atoms with Crippen LogP contribution in [0.15, 0.2) is 10.4 Å². The third-order valence-electron chi connectivity index (χ3n) is 4.14. The van der Waals surface area contributed by atoms with E-state index in [0.29, 0.717) is 0 Å². The van der Waals surface area contributed by atoms with Gasteiger partial charge in [0, 0.05) is 37.3 Å². The molecule has 0 unspecified atom stereocenters. The molecule has 0 spiro atoms. The maximum atomic E-state index is 4.81. The van der Waals surface area contributed by atoms with Crippen molar-refractivity contribution in [1.29, 1.82) is 0 Å². The second-order valence-electron chi connectivity index (χ2n) is 6.24. The van der Waals surface area contributed by atoms with Crippen LogP contribution in [0.3, 0.4) is 0 Å².